The highest BCUT2D eigenvalue weighted by Crippen LogP contribution is 2.36. The zero-order valence-electron chi connectivity index (χ0n) is 24.5. The van der Waals surface area contributed by atoms with Gasteiger partial charge in [0.2, 0.25) is 0 Å². The summed E-state index contributed by atoms with van der Waals surface area (Å²) in [5.41, 5.74) is 1.39. The fourth-order valence-corrected chi connectivity index (χ4v) is 6.11. The normalized spacial score (nSPS) is 14.8. The Labute approximate surface area is 266 Å². The average molecular weight is 656 g/mol. The highest BCUT2D eigenvalue weighted by Gasteiger charge is 2.34. The Morgan fingerprint density at radius 3 is 2.59 bits per heavy atom. The Bertz CT molecular complexity index is 1990. The molecule has 44 heavy (non-hydrogen) atoms. The maximum Gasteiger partial charge on any atom is 0.338 e. The number of nitrogens with zero attached hydrogens (tertiary/aromatic N) is 2. The molecule has 0 N–H and O–H groups in total. The van der Waals surface area contributed by atoms with Gasteiger partial charge < -0.3 is 18.6 Å². The lowest BCUT2D eigenvalue weighted by molar-refractivity contribution is -0.140. The van der Waals surface area contributed by atoms with E-state index in [-0.39, 0.29) is 35.2 Å². The van der Waals surface area contributed by atoms with Crippen LogP contribution in [0.1, 0.15) is 45.1 Å². The van der Waals surface area contributed by atoms with Crippen LogP contribution in [0, 0.1) is 5.92 Å². The van der Waals surface area contributed by atoms with Gasteiger partial charge in [-0.15, -0.1) is 0 Å². The number of carbonyl (C=O) groups excluding carboxylic acids is 2. The van der Waals surface area contributed by atoms with Gasteiger partial charge in [-0.3, -0.25) is 14.2 Å². The minimum absolute atomic E-state index is 0.0996. The average Bonchev–Trinajstić information content (AvgIpc) is 3.56. The van der Waals surface area contributed by atoms with Crippen molar-refractivity contribution >= 4 is 52.6 Å². The monoisotopic (exact) mass is 654 g/mol. The number of halogens is 2. The molecule has 0 fully saturated rings. The van der Waals surface area contributed by atoms with E-state index in [1.807, 2.05) is 13.8 Å². The van der Waals surface area contributed by atoms with Gasteiger partial charge in [-0.2, -0.15) is 0 Å². The molecule has 1 aliphatic heterocycles. The van der Waals surface area contributed by atoms with Crippen LogP contribution in [0.15, 0.2) is 74.0 Å². The van der Waals surface area contributed by atoms with E-state index in [0.717, 1.165) is 11.3 Å². The van der Waals surface area contributed by atoms with E-state index in [9.17, 15) is 14.4 Å². The zero-order valence-corrected chi connectivity index (χ0v) is 26.8. The molecule has 0 amide bonds. The summed E-state index contributed by atoms with van der Waals surface area (Å²) in [4.78, 5) is 44.1. The third kappa shape index (κ3) is 6.38. The van der Waals surface area contributed by atoms with E-state index < -0.39 is 18.0 Å². The van der Waals surface area contributed by atoms with Crippen LogP contribution in [-0.2, 0) is 14.3 Å². The number of thiazole rings is 1. The second-order valence-electron chi connectivity index (χ2n) is 10.4. The molecule has 2 aromatic carbocycles. The lowest BCUT2D eigenvalue weighted by Gasteiger charge is -2.25. The van der Waals surface area contributed by atoms with Crippen molar-refractivity contribution in [2.75, 3.05) is 13.7 Å². The molecule has 0 bridgehead atoms. The predicted octanol–water partition coefficient (Wildman–Crippen LogP) is 5.94. The van der Waals surface area contributed by atoms with Gasteiger partial charge in [0, 0.05) is 23.6 Å². The number of fused-ring (bicyclic) bond motifs is 1. The summed E-state index contributed by atoms with van der Waals surface area (Å²) in [5, 5.41) is 0.975. The van der Waals surface area contributed by atoms with Crippen LogP contribution < -0.4 is 24.4 Å². The minimum atomic E-state index is -0.897. The van der Waals surface area contributed by atoms with Crippen molar-refractivity contribution in [3.63, 3.8) is 0 Å². The van der Waals surface area contributed by atoms with Gasteiger partial charge in [0.25, 0.3) is 5.56 Å². The first-order chi connectivity index (χ1) is 21.0. The van der Waals surface area contributed by atoms with Crippen molar-refractivity contribution in [3.05, 3.63) is 101 Å². The number of rotatable bonds is 8. The molecular weight excluding hydrogens is 627 g/mol. The van der Waals surface area contributed by atoms with Gasteiger partial charge >= 0.3 is 11.9 Å². The van der Waals surface area contributed by atoms with Crippen molar-refractivity contribution < 1.29 is 28.2 Å². The molecule has 4 aromatic rings. The SMILES string of the molecule is COc1cc([C@H]2C(C(=O)OCC(C)C)=C(C)N=c3s/c(=C/c4ccc(-c5cc(Cl)ccc5Cl)o4)c(=O)n32)ccc1OC(C)=O. The second-order valence-corrected chi connectivity index (χ2v) is 12.3. The van der Waals surface area contributed by atoms with Crippen LogP contribution in [0.3, 0.4) is 0 Å². The third-order valence-electron chi connectivity index (χ3n) is 6.64. The largest absolute Gasteiger partial charge is 0.493 e. The van der Waals surface area contributed by atoms with Crippen LogP contribution in [-0.4, -0.2) is 30.2 Å². The number of hydrogen-bond acceptors (Lipinski definition) is 9. The summed E-state index contributed by atoms with van der Waals surface area (Å²) >= 11 is 13.7. The number of furan rings is 1. The predicted molar refractivity (Wildman–Crippen MR) is 168 cm³/mol. The van der Waals surface area contributed by atoms with E-state index in [0.29, 0.717) is 47.7 Å². The van der Waals surface area contributed by atoms with Crippen LogP contribution in [0.5, 0.6) is 11.5 Å². The van der Waals surface area contributed by atoms with Gasteiger partial charge in [-0.25, -0.2) is 9.79 Å². The lowest BCUT2D eigenvalue weighted by atomic mass is 9.95. The molecule has 9 nitrogen and oxygen atoms in total. The molecule has 1 atom stereocenters. The first-order valence-corrected chi connectivity index (χ1v) is 15.1. The van der Waals surface area contributed by atoms with Crippen LogP contribution in [0.25, 0.3) is 17.4 Å². The zero-order chi connectivity index (χ0) is 31.7. The van der Waals surface area contributed by atoms with Gasteiger partial charge in [0.05, 0.1) is 40.6 Å². The molecule has 228 valence electrons. The molecular formula is C32H28Cl2N2O7S. The number of carbonyl (C=O) groups is 2. The van der Waals surface area contributed by atoms with Crippen molar-refractivity contribution in [1.29, 1.82) is 0 Å². The fraction of sp³-hybridized carbons (Fsp3) is 0.250. The number of methoxy groups -OCH3 is 1. The Kier molecular flexibility index (Phi) is 9.15. The minimum Gasteiger partial charge on any atom is -0.493 e. The Hall–Kier alpha value is -4.12. The first kappa shape index (κ1) is 31.3. The molecule has 1 aliphatic rings. The quantitative estimate of drug-likeness (QED) is 0.171. The summed E-state index contributed by atoms with van der Waals surface area (Å²) in [6.45, 7) is 7.04. The fourth-order valence-electron chi connectivity index (χ4n) is 4.70. The molecule has 0 saturated heterocycles. The maximum absolute atomic E-state index is 14.0. The van der Waals surface area contributed by atoms with Crippen molar-refractivity contribution in [3.8, 4) is 22.8 Å². The topological polar surface area (TPSA) is 109 Å². The number of ether oxygens (including phenoxy) is 3. The number of benzene rings is 2. The van der Waals surface area contributed by atoms with Crippen molar-refractivity contribution in [2.45, 2.75) is 33.7 Å². The lowest BCUT2D eigenvalue weighted by Crippen LogP contribution is -2.40. The van der Waals surface area contributed by atoms with E-state index in [4.69, 9.17) is 41.8 Å². The van der Waals surface area contributed by atoms with E-state index >= 15 is 0 Å². The van der Waals surface area contributed by atoms with Gasteiger partial charge in [0.1, 0.15) is 11.5 Å². The Morgan fingerprint density at radius 1 is 1.11 bits per heavy atom. The van der Waals surface area contributed by atoms with Crippen LogP contribution in [0.4, 0.5) is 0 Å². The smallest absolute Gasteiger partial charge is 0.338 e. The summed E-state index contributed by atoms with van der Waals surface area (Å²) < 4.78 is 24.1. The number of hydrogen-bond donors (Lipinski definition) is 0. The summed E-state index contributed by atoms with van der Waals surface area (Å²) in [7, 11) is 1.44. The van der Waals surface area contributed by atoms with Gasteiger partial charge in [-0.1, -0.05) is 54.5 Å². The standard InChI is InChI=1S/C32H28Cl2N2O7S/c1-16(2)15-41-31(39)28-17(3)35-32-36(29(28)19-6-10-25(42-18(4)37)26(12-19)40-5)30(38)27(44-32)14-21-8-11-24(43-21)22-13-20(33)7-9-23(22)34/h6-14,16,29H,15H2,1-5H3/b27-14+/t29-/m0/s1. The van der Waals surface area contributed by atoms with Gasteiger partial charge in [-0.05, 0) is 60.9 Å². The van der Waals surface area contributed by atoms with Crippen molar-refractivity contribution in [1.82, 2.24) is 4.57 Å². The Balaban J connectivity index is 1.64. The van der Waals surface area contributed by atoms with Crippen LogP contribution >= 0.6 is 34.5 Å². The molecule has 0 radical (unpaired) electrons. The maximum atomic E-state index is 14.0. The first-order valence-electron chi connectivity index (χ1n) is 13.6. The number of aromatic nitrogens is 1. The molecule has 12 heteroatoms. The van der Waals surface area contributed by atoms with E-state index in [1.165, 1.54) is 18.6 Å². The molecule has 2 aromatic heterocycles. The van der Waals surface area contributed by atoms with E-state index in [2.05, 4.69) is 4.99 Å². The number of esters is 2. The van der Waals surface area contributed by atoms with E-state index in [1.54, 1.807) is 61.5 Å². The van der Waals surface area contributed by atoms with Gasteiger partial charge in [0.15, 0.2) is 16.3 Å². The third-order valence-corrected chi connectivity index (χ3v) is 8.19. The molecule has 5 rings (SSSR count). The molecule has 0 aliphatic carbocycles. The molecule has 0 unspecified atom stereocenters. The second kappa shape index (κ2) is 12.9. The highest BCUT2D eigenvalue weighted by atomic mass is 35.5. The highest BCUT2D eigenvalue weighted by molar-refractivity contribution is 7.07. The molecule has 0 spiro atoms. The summed E-state index contributed by atoms with van der Waals surface area (Å²) in [6.07, 6.45) is 1.61. The molecule has 3 heterocycles. The van der Waals surface area contributed by atoms with Crippen LogP contribution in [0.2, 0.25) is 10.0 Å². The summed E-state index contributed by atoms with van der Waals surface area (Å²) in [6, 6.07) is 12.5. The van der Waals surface area contributed by atoms with Crippen molar-refractivity contribution in [2.24, 2.45) is 10.9 Å². The Morgan fingerprint density at radius 2 is 1.89 bits per heavy atom. The number of allylic oxidation sites excluding steroid dienone is 1. The molecule has 0 saturated carbocycles. The summed E-state index contributed by atoms with van der Waals surface area (Å²) in [5.74, 6) is 0.356.